The minimum atomic E-state index is -0.129. The number of rotatable bonds is 1. The molecule has 1 fully saturated rings. The van der Waals surface area contributed by atoms with Crippen LogP contribution < -0.4 is 5.32 Å². The average molecular weight is 249 g/mol. The van der Waals surface area contributed by atoms with Crippen molar-refractivity contribution in [2.24, 2.45) is 0 Å². The number of fused-ring (bicyclic) bond motifs is 1. The first-order valence-electron chi connectivity index (χ1n) is 6.15. The summed E-state index contributed by atoms with van der Waals surface area (Å²) < 4.78 is 14.3. The Labute approximate surface area is 105 Å². The largest absolute Gasteiger partial charge is 0.317 e. The van der Waals surface area contributed by atoms with E-state index >= 15 is 0 Å². The van der Waals surface area contributed by atoms with Gasteiger partial charge in [-0.3, -0.25) is 0 Å². The molecular formula is C14H16FNS. The van der Waals surface area contributed by atoms with Gasteiger partial charge in [-0.25, -0.2) is 4.39 Å². The summed E-state index contributed by atoms with van der Waals surface area (Å²) in [5.74, 6) is 0.520. The third-order valence-corrected chi connectivity index (χ3v) is 4.71. The van der Waals surface area contributed by atoms with Gasteiger partial charge in [-0.05, 0) is 61.9 Å². The fourth-order valence-corrected chi connectivity index (χ4v) is 4.01. The van der Waals surface area contributed by atoms with Crippen molar-refractivity contribution in [1.82, 2.24) is 5.32 Å². The predicted octanol–water partition coefficient (Wildman–Crippen LogP) is 3.82. The van der Waals surface area contributed by atoms with Crippen LogP contribution in [0.15, 0.2) is 18.2 Å². The number of piperidine rings is 1. The summed E-state index contributed by atoms with van der Waals surface area (Å²) in [6.45, 7) is 4.37. The lowest BCUT2D eigenvalue weighted by Gasteiger charge is -2.23. The molecule has 1 nitrogen and oxygen atoms in total. The Morgan fingerprint density at radius 2 is 2.06 bits per heavy atom. The third kappa shape index (κ3) is 1.98. The van der Waals surface area contributed by atoms with Gasteiger partial charge in [0, 0.05) is 9.58 Å². The van der Waals surface area contributed by atoms with Gasteiger partial charge in [0.15, 0.2) is 0 Å². The quantitative estimate of drug-likeness (QED) is 0.810. The zero-order valence-corrected chi connectivity index (χ0v) is 10.7. The number of halogens is 1. The number of benzene rings is 1. The molecule has 1 N–H and O–H groups in total. The van der Waals surface area contributed by atoms with Crippen LogP contribution in [0.5, 0.6) is 0 Å². The molecule has 1 saturated heterocycles. The number of thiophene rings is 1. The fraction of sp³-hybridized carbons (Fsp3) is 0.429. The van der Waals surface area contributed by atoms with Crippen LogP contribution in [0.3, 0.4) is 0 Å². The average Bonchev–Trinajstić information content (AvgIpc) is 2.65. The molecule has 0 spiro atoms. The van der Waals surface area contributed by atoms with Crippen molar-refractivity contribution < 1.29 is 4.39 Å². The van der Waals surface area contributed by atoms with Crippen molar-refractivity contribution in [3.05, 3.63) is 34.5 Å². The molecular weight excluding hydrogens is 233 g/mol. The molecule has 0 saturated carbocycles. The number of hydrogen-bond acceptors (Lipinski definition) is 2. The molecule has 3 heteroatoms. The minimum absolute atomic E-state index is 0.129. The Kier molecular flexibility index (Phi) is 2.89. The smallest absolute Gasteiger partial charge is 0.124 e. The van der Waals surface area contributed by atoms with E-state index in [0.717, 1.165) is 17.8 Å². The second kappa shape index (κ2) is 4.39. The van der Waals surface area contributed by atoms with Gasteiger partial charge in [-0.15, -0.1) is 11.3 Å². The van der Waals surface area contributed by atoms with Gasteiger partial charge < -0.3 is 5.32 Å². The van der Waals surface area contributed by atoms with Gasteiger partial charge in [0.05, 0.1) is 0 Å². The van der Waals surface area contributed by atoms with Crippen LogP contribution in [0.4, 0.5) is 4.39 Å². The van der Waals surface area contributed by atoms with E-state index in [0.29, 0.717) is 5.92 Å². The highest BCUT2D eigenvalue weighted by atomic mass is 32.1. The normalized spacial score (nSPS) is 17.8. The van der Waals surface area contributed by atoms with Crippen LogP contribution in [0.2, 0.25) is 0 Å². The van der Waals surface area contributed by atoms with Crippen LogP contribution in [0.1, 0.15) is 29.2 Å². The van der Waals surface area contributed by atoms with Crippen molar-refractivity contribution in [2.75, 3.05) is 13.1 Å². The summed E-state index contributed by atoms with van der Waals surface area (Å²) in [5.41, 5.74) is 1.46. The van der Waals surface area contributed by atoms with E-state index in [1.807, 2.05) is 6.07 Å². The summed E-state index contributed by atoms with van der Waals surface area (Å²) in [7, 11) is 0. The molecule has 0 atom stereocenters. The molecule has 2 heterocycles. The molecule has 90 valence electrons. The summed E-state index contributed by atoms with van der Waals surface area (Å²) in [6.07, 6.45) is 2.40. The molecule has 0 radical (unpaired) electrons. The number of hydrogen-bond donors (Lipinski definition) is 1. The lowest BCUT2D eigenvalue weighted by Crippen LogP contribution is -2.26. The van der Waals surface area contributed by atoms with Gasteiger partial charge in [-0.2, -0.15) is 0 Å². The van der Waals surface area contributed by atoms with Crippen molar-refractivity contribution in [1.29, 1.82) is 0 Å². The topological polar surface area (TPSA) is 12.0 Å². The number of nitrogens with one attached hydrogen (secondary N) is 1. The van der Waals surface area contributed by atoms with Crippen molar-refractivity contribution in [3.63, 3.8) is 0 Å². The Morgan fingerprint density at radius 1 is 1.29 bits per heavy atom. The molecule has 1 aliphatic heterocycles. The van der Waals surface area contributed by atoms with E-state index in [4.69, 9.17) is 0 Å². The van der Waals surface area contributed by atoms with Crippen LogP contribution in [0.25, 0.3) is 10.1 Å². The van der Waals surface area contributed by atoms with Crippen molar-refractivity contribution >= 4 is 21.4 Å². The Bertz CT molecular complexity index is 540. The molecule has 3 rings (SSSR count). The SMILES string of the molecule is Cc1sc2cc(F)ccc2c1C1CCNCC1. The second-order valence-corrected chi connectivity index (χ2v) is 5.99. The van der Waals surface area contributed by atoms with E-state index in [1.54, 1.807) is 23.5 Å². The molecule has 0 bridgehead atoms. The van der Waals surface area contributed by atoms with Gasteiger partial charge in [0.1, 0.15) is 5.82 Å². The van der Waals surface area contributed by atoms with Crippen molar-refractivity contribution in [3.8, 4) is 0 Å². The lowest BCUT2D eigenvalue weighted by molar-refractivity contribution is 0.462. The van der Waals surface area contributed by atoms with E-state index in [2.05, 4.69) is 12.2 Å². The Morgan fingerprint density at radius 3 is 2.82 bits per heavy atom. The fourth-order valence-electron chi connectivity index (χ4n) is 2.83. The van der Waals surface area contributed by atoms with E-state index < -0.39 is 0 Å². The molecule has 0 unspecified atom stereocenters. The summed E-state index contributed by atoms with van der Waals surface area (Å²) in [5, 5.41) is 4.66. The summed E-state index contributed by atoms with van der Waals surface area (Å²) in [4.78, 5) is 1.36. The van der Waals surface area contributed by atoms with E-state index in [1.165, 1.54) is 28.7 Å². The van der Waals surface area contributed by atoms with E-state index in [-0.39, 0.29) is 5.82 Å². The maximum atomic E-state index is 13.2. The Hall–Kier alpha value is -0.930. The second-order valence-electron chi connectivity index (χ2n) is 4.74. The zero-order valence-electron chi connectivity index (χ0n) is 9.92. The molecule has 0 aliphatic carbocycles. The first-order chi connectivity index (χ1) is 8.25. The van der Waals surface area contributed by atoms with Crippen LogP contribution in [0, 0.1) is 12.7 Å². The lowest BCUT2D eigenvalue weighted by atomic mass is 9.88. The maximum absolute atomic E-state index is 13.2. The highest BCUT2D eigenvalue weighted by molar-refractivity contribution is 7.19. The third-order valence-electron chi connectivity index (χ3n) is 3.62. The highest BCUT2D eigenvalue weighted by Crippen LogP contribution is 2.39. The predicted molar refractivity (Wildman–Crippen MR) is 71.4 cm³/mol. The molecule has 1 aromatic carbocycles. The standard InChI is InChI=1S/C14H16FNS/c1-9-14(10-4-6-16-7-5-10)12-3-2-11(15)8-13(12)17-9/h2-3,8,10,16H,4-7H2,1H3. The van der Waals surface area contributed by atoms with Crippen LogP contribution in [-0.2, 0) is 0 Å². The van der Waals surface area contributed by atoms with E-state index in [9.17, 15) is 4.39 Å². The van der Waals surface area contributed by atoms with Gasteiger partial charge >= 0.3 is 0 Å². The monoisotopic (exact) mass is 249 g/mol. The minimum Gasteiger partial charge on any atom is -0.317 e. The molecule has 17 heavy (non-hydrogen) atoms. The molecule has 0 amide bonds. The first kappa shape index (κ1) is 11.2. The summed E-state index contributed by atoms with van der Waals surface area (Å²) in [6, 6.07) is 5.20. The zero-order chi connectivity index (χ0) is 11.8. The molecule has 1 aliphatic rings. The first-order valence-corrected chi connectivity index (χ1v) is 6.96. The number of aryl methyl sites for hydroxylation is 1. The van der Waals surface area contributed by atoms with Crippen molar-refractivity contribution in [2.45, 2.75) is 25.7 Å². The van der Waals surface area contributed by atoms with Gasteiger partial charge in [0.25, 0.3) is 0 Å². The van der Waals surface area contributed by atoms with Crippen LogP contribution >= 0.6 is 11.3 Å². The molecule has 1 aromatic heterocycles. The molecule has 2 aromatic rings. The maximum Gasteiger partial charge on any atom is 0.124 e. The highest BCUT2D eigenvalue weighted by Gasteiger charge is 2.21. The van der Waals surface area contributed by atoms with Gasteiger partial charge in [0.2, 0.25) is 0 Å². The summed E-state index contributed by atoms with van der Waals surface area (Å²) >= 11 is 1.73. The van der Waals surface area contributed by atoms with Gasteiger partial charge in [-0.1, -0.05) is 6.07 Å². The Balaban J connectivity index is 2.11. The van der Waals surface area contributed by atoms with Crippen LogP contribution in [-0.4, -0.2) is 13.1 Å².